The van der Waals surface area contributed by atoms with E-state index < -0.39 is 0 Å². The first-order chi connectivity index (χ1) is 15.6. The SMILES string of the molecule is C/C=C(\CC[C@@H](C)[C@H]1CC[C@@H]2[C@H]3CC=C4C[C@@H](OC(C)=O)CC[C@]4(C)[C@@H]3CC[C@@]21C)C(C)C. The van der Waals surface area contributed by atoms with Gasteiger partial charge in [-0.15, -0.1) is 0 Å². The third kappa shape index (κ3) is 4.50. The van der Waals surface area contributed by atoms with Gasteiger partial charge in [0.05, 0.1) is 0 Å². The van der Waals surface area contributed by atoms with Gasteiger partial charge in [-0.1, -0.05) is 57.9 Å². The number of carbonyl (C=O) groups is 1. The zero-order valence-electron chi connectivity index (χ0n) is 22.6. The van der Waals surface area contributed by atoms with E-state index in [0.29, 0.717) is 16.7 Å². The van der Waals surface area contributed by atoms with Crippen LogP contribution in [0.4, 0.5) is 0 Å². The van der Waals surface area contributed by atoms with E-state index in [9.17, 15) is 4.79 Å². The smallest absolute Gasteiger partial charge is 0.302 e. The van der Waals surface area contributed by atoms with Crippen molar-refractivity contribution < 1.29 is 9.53 Å². The summed E-state index contributed by atoms with van der Waals surface area (Å²) in [4.78, 5) is 11.5. The lowest BCUT2D eigenvalue weighted by Crippen LogP contribution is -2.51. The lowest BCUT2D eigenvalue weighted by molar-refractivity contribution is -0.148. The molecular formula is C31H50O2. The lowest BCUT2D eigenvalue weighted by Gasteiger charge is -2.58. The Morgan fingerprint density at radius 3 is 2.55 bits per heavy atom. The predicted octanol–water partition coefficient (Wildman–Crippen LogP) is 8.52. The molecule has 8 atom stereocenters. The molecule has 0 heterocycles. The highest BCUT2D eigenvalue weighted by Gasteiger charge is 2.59. The minimum absolute atomic E-state index is 0.108. The monoisotopic (exact) mass is 454 g/mol. The van der Waals surface area contributed by atoms with E-state index in [1.807, 2.05) is 0 Å². The molecule has 0 aromatic heterocycles. The number of carbonyl (C=O) groups excluding carboxylic acids is 1. The molecule has 0 spiro atoms. The Balaban J connectivity index is 1.47. The second-order valence-electron chi connectivity index (χ2n) is 13.0. The maximum absolute atomic E-state index is 11.5. The molecule has 0 unspecified atom stereocenters. The second-order valence-corrected chi connectivity index (χ2v) is 13.0. The molecular weight excluding hydrogens is 404 g/mol. The minimum Gasteiger partial charge on any atom is -0.462 e. The largest absolute Gasteiger partial charge is 0.462 e. The summed E-state index contributed by atoms with van der Waals surface area (Å²) in [6.07, 6.45) is 17.9. The van der Waals surface area contributed by atoms with Crippen LogP contribution in [0.5, 0.6) is 0 Å². The van der Waals surface area contributed by atoms with Crippen molar-refractivity contribution in [3.63, 3.8) is 0 Å². The van der Waals surface area contributed by atoms with Crippen LogP contribution in [0.15, 0.2) is 23.3 Å². The van der Waals surface area contributed by atoms with E-state index in [2.05, 4.69) is 53.7 Å². The molecule has 33 heavy (non-hydrogen) atoms. The number of hydrogen-bond donors (Lipinski definition) is 0. The quantitative estimate of drug-likeness (QED) is 0.297. The average Bonchev–Trinajstić information content (AvgIpc) is 3.11. The maximum atomic E-state index is 11.5. The summed E-state index contributed by atoms with van der Waals surface area (Å²) in [7, 11) is 0. The highest BCUT2D eigenvalue weighted by atomic mass is 16.5. The predicted molar refractivity (Wildman–Crippen MR) is 138 cm³/mol. The molecule has 3 fully saturated rings. The number of hydrogen-bond acceptors (Lipinski definition) is 2. The highest BCUT2D eigenvalue weighted by Crippen LogP contribution is 2.67. The first kappa shape index (κ1) is 25.1. The number of fused-ring (bicyclic) bond motifs is 5. The summed E-state index contributed by atoms with van der Waals surface area (Å²) < 4.78 is 5.63. The Labute approximate surface area is 204 Å². The third-order valence-corrected chi connectivity index (χ3v) is 11.2. The van der Waals surface area contributed by atoms with Gasteiger partial charge in [-0.25, -0.2) is 0 Å². The van der Waals surface area contributed by atoms with Gasteiger partial charge in [0.25, 0.3) is 0 Å². The number of rotatable bonds is 6. The van der Waals surface area contributed by atoms with Gasteiger partial charge in [0.15, 0.2) is 0 Å². The summed E-state index contributed by atoms with van der Waals surface area (Å²) >= 11 is 0. The molecule has 4 rings (SSSR count). The van der Waals surface area contributed by atoms with Crippen LogP contribution in [-0.2, 0) is 9.53 Å². The van der Waals surface area contributed by atoms with Crippen molar-refractivity contribution in [2.24, 2.45) is 46.3 Å². The van der Waals surface area contributed by atoms with Crippen LogP contribution in [0.2, 0.25) is 0 Å². The molecule has 2 nitrogen and oxygen atoms in total. The van der Waals surface area contributed by atoms with Gasteiger partial charge in [0.2, 0.25) is 0 Å². The van der Waals surface area contributed by atoms with Gasteiger partial charge in [-0.05, 0) is 111 Å². The van der Waals surface area contributed by atoms with E-state index in [4.69, 9.17) is 4.74 Å². The van der Waals surface area contributed by atoms with Crippen LogP contribution in [0.25, 0.3) is 0 Å². The fourth-order valence-corrected chi connectivity index (χ4v) is 9.30. The molecule has 0 saturated heterocycles. The lowest BCUT2D eigenvalue weighted by atomic mass is 9.47. The fraction of sp³-hybridized carbons (Fsp3) is 0.839. The minimum atomic E-state index is -0.118. The van der Waals surface area contributed by atoms with E-state index in [-0.39, 0.29) is 12.1 Å². The maximum Gasteiger partial charge on any atom is 0.302 e. The number of ether oxygens (including phenoxy) is 1. The standard InChI is InChI=1S/C31H50O2/c1-8-23(20(2)3)10-9-21(4)27-13-14-28-26-12-11-24-19-25(33-22(5)32)15-17-30(24,6)29(26)16-18-31(27,28)7/h8,11,20-21,25-29H,9-10,12-19H2,1-7H3/b23-8+/t21-,25+,26-,27-,28-,29-,30+,31-/m1/s1. The number of allylic oxidation sites excluding steroid dienone is 3. The van der Waals surface area contributed by atoms with Gasteiger partial charge >= 0.3 is 5.97 Å². The summed E-state index contributed by atoms with van der Waals surface area (Å²) in [6.45, 7) is 16.3. The molecule has 2 heteroatoms. The van der Waals surface area contributed by atoms with E-state index >= 15 is 0 Å². The summed E-state index contributed by atoms with van der Waals surface area (Å²) in [5.41, 5.74) is 4.13. The molecule has 0 aromatic rings. The topological polar surface area (TPSA) is 26.3 Å². The second kappa shape index (κ2) is 9.54. The van der Waals surface area contributed by atoms with Crippen molar-refractivity contribution in [3.8, 4) is 0 Å². The van der Waals surface area contributed by atoms with Gasteiger partial charge in [0, 0.05) is 13.3 Å². The van der Waals surface area contributed by atoms with E-state index in [1.54, 1.807) is 18.1 Å². The summed E-state index contributed by atoms with van der Waals surface area (Å²) in [6, 6.07) is 0. The summed E-state index contributed by atoms with van der Waals surface area (Å²) in [5, 5.41) is 0. The molecule has 0 aliphatic heterocycles. The molecule has 0 amide bonds. The van der Waals surface area contributed by atoms with E-state index in [1.165, 1.54) is 51.4 Å². The Hall–Kier alpha value is -1.05. The molecule has 0 bridgehead atoms. The molecule has 3 saturated carbocycles. The Morgan fingerprint density at radius 1 is 1.12 bits per heavy atom. The zero-order chi connectivity index (χ0) is 24.0. The van der Waals surface area contributed by atoms with Crippen molar-refractivity contribution in [3.05, 3.63) is 23.3 Å². The fourth-order valence-electron chi connectivity index (χ4n) is 9.30. The normalized spacial score (nSPS) is 41.6. The van der Waals surface area contributed by atoms with Crippen molar-refractivity contribution in [2.75, 3.05) is 0 Å². The van der Waals surface area contributed by atoms with Gasteiger partial charge in [0.1, 0.15) is 6.10 Å². The highest BCUT2D eigenvalue weighted by molar-refractivity contribution is 5.66. The average molecular weight is 455 g/mol. The molecule has 4 aliphatic carbocycles. The van der Waals surface area contributed by atoms with Crippen LogP contribution < -0.4 is 0 Å². The molecule has 0 radical (unpaired) electrons. The Kier molecular flexibility index (Phi) is 7.24. The number of esters is 1. The molecule has 186 valence electrons. The van der Waals surface area contributed by atoms with Crippen LogP contribution in [0.1, 0.15) is 113 Å². The third-order valence-electron chi connectivity index (χ3n) is 11.2. The van der Waals surface area contributed by atoms with Crippen LogP contribution in [0.3, 0.4) is 0 Å². The van der Waals surface area contributed by atoms with Crippen molar-refractivity contribution >= 4 is 5.97 Å². The van der Waals surface area contributed by atoms with Crippen molar-refractivity contribution in [1.82, 2.24) is 0 Å². The van der Waals surface area contributed by atoms with Crippen LogP contribution in [-0.4, -0.2) is 12.1 Å². The van der Waals surface area contributed by atoms with Crippen molar-refractivity contribution in [2.45, 2.75) is 119 Å². The van der Waals surface area contributed by atoms with Crippen LogP contribution in [0, 0.1) is 46.3 Å². The first-order valence-electron chi connectivity index (χ1n) is 14.1. The Bertz CT molecular complexity index is 791. The zero-order valence-corrected chi connectivity index (χ0v) is 22.6. The molecule has 4 aliphatic rings. The first-order valence-corrected chi connectivity index (χ1v) is 14.1. The van der Waals surface area contributed by atoms with Gasteiger partial charge in [-0.3, -0.25) is 4.79 Å². The molecule has 0 N–H and O–H groups in total. The van der Waals surface area contributed by atoms with Gasteiger partial charge in [-0.2, -0.15) is 0 Å². The van der Waals surface area contributed by atoms with Gasteiger partial charge < -0.3 is 4.74 Å². The Morgan fingerprint density at radius 2 is 1.88 bits per heavy atom. The summed E-state index contributed by atoms with van der Waals surface area (Å²) in [5.74, 6) is 4.88. The van der Waals surface area contributed by atoms with Crippen molar-refractivity contribution in [1.29, 1.82) is 0 Å². The molecule has 0 aromatic carbocycles. The van der Waals surface area contributed by atoms with E-state index in [0.717, 1.165) is 42.4 Å². The van der Waals surface area contributed by atoms with Crippen LogP contribution >= 0.6 is 0 Å².